The molecule has 4 rings (SSSR count). The Morgan fingerprint density at radius 3 is 2.50 bits per heavy atom. The van der Waals surface area contributed by atoms with Crippen LogP contribution in [0, 0.1) is 0 Å². The lowest BCUT2D eigenvalue weighted by molar-refractivity contribution is -0.183. The number of nitrogens with zero attached hydrogens (tertiary/aromatic N) is 3. The topological polar surface area (TPSA) is 84.0 Å². The fourth-order valence-corrected chi connectivity index (χ4v) is 4.44. The maximum atomic E-state index is 13.0. The van der Waals surface area contributed by atoms with Crippen LogP contribution in [-0.4, -0.2) is 72.3 Å². The molecule has 0 saturated carbocycles. The van der Waals surface area contributed by atoms with Gasteiger partial charge in [0.15, 0.2) is 6.10 Å². The van der Waals surface area contributed by atoms with Crippen LogP contribution in [0.15, 0.2) is 54.9 Å². The molecule has 0 aliphatic carbocycles. The van der Waals surface area contributed by atoms with Gasteiger partial charge in [0.1, 0.15) is 0 Å². The minimum Gasteiger partial charge on any atom is -0.382 e. The Morgan fingerprint density at radius 1 is 1.09 bits per heavy atom. The zero-order valence-electron chi connectivity index (χ0n) is 18.4. The van der Waals surface area contributed by atoms with Crippen molar-refractivity contribution in [2.24, 2.45) is 0 Å². The molecule has 170 valence electrons. The molecule has 1 N–H and O–H groups in total. The number of piperidine rings is 1. The minimum atomic E-state index is -0.500. The Hall–Kier alpha value is -2.97. The largest absolute Gasteiger partial charge is 0.382 e. The summed E-state index contributed by atoms with van der Waals surface area (Å²) in [7, 11) is 1.61. The first kappa shape index (κ1) is 22.2. The third-order valence-electron chi connectivity index (χ3n) is 6.15. The van der Waals surface area contributed by atoms with Gasteiger partial charge in [-0.1, -0.05) is 30.3 Å². The van der Waals surface area contributed by atoms with E-state index in [0.29, 0.717) is 32.8 Å². The van der Waals surface area contributed by atoms with E-state index in [1.165, 1.54) is 0 Å². The number of aromatic nitrogens is 1. The van der Waals surface area contributed by atoms with Crippen LogP contribution in [0.2, 0.25) is 0 Å². The molecule has 2 saturated heterocycles. The van der Waals surface area contributed by atoms with Crippen LogP contribution in [0.3, 0.4) is 0 Å². The molecule has 8 heteroatoms. The number of likely N-dealkylation sites (tertiary alicyclic amines) is 2. The highest BCUT2D eigenvalue weighted by Crippen LogP contribution is 2.40. The van der Waals surface area contributed by atoms with Gasteiger partial charge in [-0.15, -0.1) is 0 Å². The molecule has 0 bridgehead atoms. The summed E-state index contributed by atoms with van der Waals surface area (Å²) < 4.78 is 10.9. The number of carbonyl (C=O) groups excluding carboxylic acids is 2. The number of methoxy groups -OCH3 is 1. The van der Waals surface area contributed by atoms with E-state index in [0.717, 1.165) is 24.0 Å². The van der Waals surface area contributed by atoms with Crippen molar-refractivity contribution in [3.63, 3.8) is 0 Å². The second kappa shape index (κ2) is 10.6. The molecular formula is C24H30N4O4. The van der Waals surface area contributed by atoms with Crippen LogP contribution in [0.25, 0.3) is 0 Å². The molecule has 0 spiro atoms. The van der Waals surface area contributed by atoms with E-state index in [1.807, 2.05) is 52.3 Å². The van der Waals surface area contributed by atoms with E-state index in [9.17, 15) is 9.59 Å². The van der Waals surface area contributed by atoms with Gasteiger partial charge in [0.25, 0.3) is 5.91 Å². The lowest BCUT2D eigenvalue weighted by atomic mass is 9.86. The van der Waals surface area contributed by atoms with Gasteiger partial charge >= 0.3 is 6.03 Å². The van der Waals surface area contributed by atoms with E-state index in [2.05, 4.69) is 10.3 Å². The van der Waals surface area contributed by atoms with Gasteiger partial charge in [-0.2, -0.15) is 0 Å². The zero-order chi connectivity index (χ0) is 22.3. The minimum absolute atomic E-state index is 0.00916. The average Bonchev–Trinajstić information content (AvgIpc) is 2.85. The molecule has 3 heterocycles. The molecule has 0 radical (unpaired) electrons. The van der Waals surface area contributed by atoms with Crippen molar-refractivity contribution >= 4 is 11.9 Å². The average molecular weight is 439 g/mol. The van der Waals surface area contributed by atoms with Crippen molar-refractivity contribution in [3.05, 3.63) is 66.0 Å². The van der Waals surface area contributed by atoms with Crippen LogP contribution >= 0.6 is 0 Å². The van der Waals surface area contributed by atoms with Crippen LogP contribution < -0.4 is 5.32 Å². The molecule has 32 heavy (non-hydrogen) atoms. The highest BCUT2D eigenvalue weighted by Gasteiger charge is 2.52. The van der Waals surface area contributed by atoms with E-state index >= 15 is 0 Å². The van der Waals surface area contributed by atoms with Gasteiger partial charge in [0.05, 0.1) is 19.3 Å². The van der Waals surface area contributed by atoms with Gasteiger partial charge in [0, 0.05) is 45.2 Å². The summed E-state index contributed by atoms with van der Waals surface area (Å²) in [4.78, 5) is 33.4. The van der Waals surface area contributed by atoms with Crippen LogP contribution in [0.5, 0.6) is 0 Å². The summed E-state index contributed by atoms with van der Waals surface area (Å²) in [6.45, 7) is 2.57. The van der Waals surface area contributed by atoms with E-state index < -0.39 is 6.10 Å². The molecule has 3 amide bonds. The van der Waals surface area contributed by atoms with Crippen LogP contribution in [0.4, 0.5) is 4.79 Å². The van der Waals surface area contributed by atoms with Crippen molar-refractivity contribution in [3.8, 4) is 0 Å². The molecule has 2 aliphatic heterocycles. The van der Waals surface area contributed by atoms with Crippen molar-refractivity contribution in [1.82, 2.24) is 20.1 Å². The Bertz CT molecular complexity index is 887. The normalized spacial score (nSPS) is 21.3. The van der Waals surface area contributed by atoms with Crippen molar-refractivity contribution in [2.45, 2.75) is 37.6 Å². The standard InChI is InChI=1S/C24H30N4O4/c1-31-15-16-32-22-21(19-7-11-25-12-8-19)28(23(22)29)20-9-13-27(14-10-20)24(30)26-17-18-5-3-2-4-6-18/h2-8,11-12,20-22H,9-10,13-17H2,1H3,(H,26,30)/t21-,22+/m0/s1. The lowest BCUT2D eigenvalue weighted by Gasteiger charge is -2.52. The molecule has 1 aromatic carbocycles. The number of pyridine rings is 1. The van der Waals surface area contributed by atoms with Crippen molar-refractivity contribution < 1.29 is 19.1 Å². The Labute approximate surface area is 188 Å². The summed E-state index contributed by atoms with van der Waals surface area (Å²) in [6.07, 6.45) is 4.47. The van der Waals surface area contributed by atoms with Crippen molar-refractivity contribution in [2.75, 3.05) is 33.4 Å². The number of rotatable bonds is 8. The Balaban J connectivity index is 1.34. The van der Waals surface area contributed by atoms with Gasteiger partial charge < -0.3 is 24.6 Å². The number of benzene rings is 1. The fourth-order valence-electron chi connectivity index (χ4n) is 4.44. The molecule has 8 nitrogen and oxygen atoms in total. The van der Waals surface area contributed by atoms with Crippen molar-refractivity contribution in [1.29, 1.82) is 0 Å². The third-order valence-corrected chi connectivity index (χ3v) is 6.15. The SMILES string of the molecule is COCCO[C@H]1C(=O)N(C2CCN(C(=O)NCc3ccccc3)CC2)[C@H]1c1ccncc1. The maximum absolute atomic E-state index is 13.0. The van der Waals surface area contributed by atoms with Crippen LogP contribution in [-0.2, 0) is 20.8 Å². The van der Waals surface area contributed by atoms with Gasteiger partial charge in [-0.25, -0.2) is 4.79 Å². The summed E-state index contributed by atoms with van der Waals surface area (Å²) in [5.74, 6) is 0.00916. The monoisotopic (exact) mass is 438 g/mol. The van der Waals surface area contributed by atoms with E-state index in [-0.39, 0.29) is 24.0 Å². The highest BCUT2D eigenvalue weighted by molar-refractivity contribution is 5.89. The van der Waals surface area contributed by atoms with Crippen LogP contribution in [0.1, 0.15) is 30.0 Å². The summed E-state index contributed by atoms with van der Waals surface area (Å²) in [6, 6.07) is 13.6. The molecule has 2 aliphatic rings. The Morgan fingerprint density at radius 2 is 1.81 bits per heavy atom. The quantitative estimate of drug-likeness (QED) is 0.505. The fraction of sp³-hybridized carbons (Fsp3) is 0.458. The summed E-state index contributed by atoms with van der Waals surface area (Å²) in [5.41, 5.74) is 2.09. The number of ether oxygens (including phenoxy) is 2. The number of urea groups is 1. The molecule has 1 aromatic heterocycles. The number of hydrogen-bond donors (Lipinski definition) is 1. The Kier molecular flexibility index (Phi) is 7.34. The smallest absolute Gasteiger partial charge is 0.317 e. The van der Waals surface area contributed by atoms with Gasteiger partial charge in [-0.05, 0) is 36.1 Å². The lowest BCUT2D eigenvalue weighted by Crippen LogP contribution is -2.65. The number of amides is 3. The predicted molar refractivity (Wildman–Crippen MR) is 119 cm³/mol. The summed E-state index contributed by atoms with van der Waals surface area (Å²) >= 11 is 0. The number of carbonyl (C=O) groups is 2. The molecular weight excluding hydrogens is 408 g/mol. The second-order valence-corrected chi connectivity index (χ2v) is 8.12. The zero-order valence-corrected chi connectivity index (χ0v) is 18.4. The first-order chi connectivity index (χ1) is 15.7. The van der Waals surface area contributed by atoms with E-state index in [4.69, 9.17) is 9.47 Å². The number of β-lactam (4-membered cyclic amide) rings is 1. The van der Waals surface area contributed by atoms with E-state index in [1.54, 1.807) is 19.5 Å². The first-order valence-electron chi connectivity index (χ1n) is 11.1. The molecule has 0 unspecified atom stereocenters. The molecule has 2 aromatic rings. The van der Waals surface area contributed by atoms with Gasteiger partial charge in [-0.3, -0.25) is 9.78 Å². The maximum Gasteiger partial charge on any atom is 0.317 e. The molecule has 2 atom stereocenters. The highest BCUT2D eigenvalue weighted by atomic mass is 16.5. The predicted octanol–water partition coefficient (Wildman–Crippen LogP) is 2.37. The second-order valence-electron chi connectivity index (χ2n) is 8.12. The van der Waals surface area contributed by atoms with Gasteiger partial charge in [0.2, 0.25) is 0 Å². The first-order valence-corrected chi connectivity index (χ1v) is 11.1. The number of hydrogen-bond acceptors (Lipinski definition) is 5. The third kappa shape index (κ3) is 4.92. The summed E-state index contributed by atoms with van der Waals surface area (Å²) in [5, 5.41) is 2.99. The molecule has 2 fully saturated rings. The number of nitrogens with one attached hydrogen (secondary N) is 1.